The Kier molecular flexibility index (Phi) is 58.5. The lowest BCUT2D eigenvalue weighted by atomic mass is 10.0. The first-order valence-electron chi connectivity index (χ1n) is 36.2. The standard InChI is InChI=1S/C70H136O17P2/c1-60(2)46-38-30-22-16-12-9-10-14-18-26-34-42-50-67(72)80-56-66(87-70(75)53-45-37-29-21-25-33-41-49-63(7)8)59-85-89(78,79)83-55-64(71)54-82-88(76,77)84-58-65(57-81-68(73)51-43-35-28-20-24-32-40-48-62(5)6)86-69(74)52-44-36-27-19-15-11-13-17-23-31-39-47-61(3)4/h60-66,71H,9-59H2,1-8H3,(H,76,77)(H,78,79)/t64?,65-,66-/m1/s1. The molecule has 0 radical (unpaired) electrons. The number of unbranched alkanes of at least 4 members (excludes halogenated alkanes) is 33. The van der Waals surface area contributed by atoms with Crippen LogP contribution in [0.3, 0.4) is 0 Å². The Balaban J connectivity index is 5.23. The van der Waals surface area contributed by atoms with Crippen LogP contribution in [-0.4, -0.2) is 96.7 Å². The third kappa shape index (κ3) is 64.6. The lowest BCUT2D eigenvalue weighted by Gasteiger charge is -2.21. The van der Waals surface area contributed by atoms with Gasteiger partial charge in [0.2, 0.25) is 0 Å². The van der Waals surface area contributed by atoms with E-state index in [0.29, 0.717) is 37.5 Å². The molecule has 0 aliphatic carbocycles. The normalized spacial score (nSPS) is 14.3. The zero-order valence-electron chi connectivity index (χ0n) is 58.1. The summed E-state index contributed by atoms with van der Waals surface area (Å²) < 4.78 is 68.2. The predicted molar refractivity (Wildman–Crippen MR) is 358 cm³/mol. The molecule has 528 valence electrons. The first-order chi connectivity index (χ1) is 42.6. The second kappa shape index (κ2) is 59.8. The quantitative estimate of drug-likeness (QED) is 0.0222. The van der Waals surface area contributed by atoms with E-state index in [4.69, 9.17) is 37.0 Å². The molecule has 0 spiro atoms. The molecular weight excluding hydrogens is 1170 g/mol. The van der Waals surface area contributed by atoms with E-state index >= 15 is 0 Å². The van der Waals surface area contributed by atoms with Crippen molar-refractivity contribution >= 4 is 39.5 Å². The summed E-state index contributed by atoms with van der Waals surface area (Å²) in [5.41, 5.74) is 0. The molecule has 19 heteroatoms. The summed E-state index contributed by atoms with van der Waals surface area (Å²) in [4.78, 5) is 72.5. The van der Waals surface area contributed by atoms with Crippen LogP contribution in [0.4, 0.5) is 0 Å². The molecule has 0 aliphatic rings. The molecule has 5 atom stereocenters. The summed E-state index contributed by atoms with van der Waals surface area (Å²) in [6, 6.07) is 0. The number of aliphatic hydroxyl groups excluding tert-OH is 1. The molecule has 0 aromatic heterocycles. The molecule has 0 aromatic carbocycles. The summed E-state index contributed by atoms with van der Waals surface area (Å²) in [5, 5.41) is 10.6. The van der Waals surface area contributed by atoms with Gasteiger partial charge in [0.25, 0.3) is 0 Å². The van der Waals surface area contributed by atoms with Gasteiger partial charge in [0.05, 0.1) is 26.4 Å². The van der Waals surface area contributed by atoms with E-state index in [1.54, 1.807) is 0 Å². The lowest BCUT2D eigenvalue weighted by Crippen LogP contribution is -2.30. The fraction of sp³-hybridized carbons (Fsp3) is 0.943. The molecule has 0 amide bonds. The molecular formula is C70H136O17P2. The van der Waals surface area contributed by atoms with Crippen molar-refractivity contribution in [2.75, 3.05) is 39.6 Å². The molecule has 0 aromatic rings. The van der Waals surface area contributed by atoms with Gasteiger partial charge >= 0.3 is 39.5 Å². The van der Waals surface area contributed by atoms with Crippen LogP contribution in [0.2, 0.25) is 0 Å². The SMILES string of the molecule is CC(C)CCCCCCCCCCCCCCC(=O)OC[C@H](COP(=O)(O)OCC(O)COP(=O)(O)OC[C@@H](COC(=O)CCCCCCCCCC(C)C)OC(=O)CCCCCCCCCCCCCC(C)C)OC(=O)CCCCCCCCCC(C)C. The van der Waals surface area contributed by atoms with Crippen LogP contribution >= 0.6 is 15.6 Å². The van der Waals surface area contributed by atoms with Gasteiger partial charge in [-0.05, 0) is 49.4 Å². The predicted octanol–water partition coefficient (Wildman–Crippen LogP) is 19.7. The molecule has 89 heavy (non-hydrogen) atoms. The molecule has 0 bridgehead atoms. The maximum absolute atomic E-state index is 13.0. The molecule has 0 heterocycles. The van der Waals surface area contributed by atoms with Crippen LogP contribution in [-0.2, 0) is 65.4 Å². The number of carbonyl (C=O) groups is 4. The van der Waals surface area contributed by atoms with Gasteiger partial charge in [0, 0.05) is 25.7 Å². The summed E-state index contributed by atoms with van der Waals surface area (Å²) in [6.45, 7) is 14.0. The first kappa shape index (κ1) is 87.1. The van der Waals surface area contributed by atoms with Crippen molar-refractivity contribution in [3.63, 3.8) is 0 Å². The Labute approximate surface area is 543 Å². The van der Waals surface area contributed by atoms with Gasteiger partial charge in [-0.3, -0.25) is 37.3 Å². The number of hydrogen-bond acceptors (Lipinski definition) is 15. The van der Waals surface area contributed by atoms with Crippen LogP contribution in [0.1, 0.15) is 344 Å². The third-order valence-electron chi connectivity index (χ3n) is 16.1. The number of ether oxygens (including phenoxy) is 4. The summed E-state index contributed by atoms with van der Waals surface area (Å²) in [6.07, 6.45) is 41.8. The van der Waals surface area contributed by atoms with E-state index in [9.17, 15) is 43.2 Å². The molecule has 0 saturated carbocycles. The summed E-state index contributed by atoms with van der Waals surface area (Å²) in [7, 11) is -9.90. The highest BCUT2D eigenvalue weighted by Gasteiger charge is 2.30. The Morgan fingerprint density at radius 3 is 0.697 bits per heavy atom. The van der Waals surface area contributed by atoms with Crippen molar-refractivity contribution in [1.82, 2.24) is 0 Å². The molecule has 0 fully saturated rings. The second-order valence-corrected chi connectivity index (χ2v) is 30.1. The first-order valence-corrected chi connectivity index (χ1v) is 39.2. The highest BCUT2D eigenvalue weighted by Crippen LogP contribution is 2.45. The number of carbonyl (C=O) groups excluding carboxylic acids is 4. The second-order valence-electron chi connectivity index (χ2n) is 27.2. The van der Waals surface area contributed by atoms with E-state index in [1.165, 1.54) is 141 Å². The molecule has 0 saturated heterocycles. The van der Waals surface area contributed by atoms with Crippen molar-refractivity contribution in [1.29, 1.82) is 0 Å². The van der Waals surface area contributed by atoms with E-state index in [2.05, 4.69) is 55.4 Å². The fourth-order valence-electron chi connectivity index (χ4n) is 10.5. The molecule has 3 unspecified atom stereocenters. The highest BCUT2D eigenvalue weighted by atomic mass is 31.2. The average Bonchev–Trinajstić information content (AvgIpc) is 3.69. The molecule has 0 aliphatic heterocycles. The van der Waals surface area contributed by atoms with Crippen LogP contribution in [0, 0.1) is 23.7 Å². The fourth-order valence-corrected chi connectivity index (χ4v) is 12.1. The monoisotopic (exact) mass is 1310 g/mol. The van der Waals surface area contributed by atoms with E-state index < -0.39 is 97.5 Å². The molecule has 0 rings (SSSR count). The van der Waals surface area contributed by atoms with E-state index in [1.807, 2.05) is 0 Å². The van der Waals surface area contributed by atoms with Crippen LogP contribution in [0.5, 0.6) is 0 Å². The zero-order valence-corrected chi connectivity index (χ0v) is 59.8. The minimum Gasteiger partial charge on any atom is -0.462 e. The van der Waals surface area contributed by atoms with E-state index in [0.717, 1.165) is 108 Å². The van der Waals surface area contributed by atoms with Gasteiger partial charge in [-0.2, -0.15) is 0 Å². The lowest BCUT2D eigenvalue weighted by molar-refractivity contribution is -0.161. The van der Waals surface area contributed by atoms with Crippen LogP contribution < -0.4 is 0 Å². The van der Waals surface area contributed by atoms with E-state index in [-0.39, 0.29) is 25.7 Å². The molecule has 3 N–H and O–H groups in total. The van der Waals surface area contributed by atoms with Crippen molar-refractivity contribution in [3.05, 3.63) is 0 Å². The van der Waals surface area contributed by atoms with Gasteiger partial charge in [-0.15, -0.1) is 0 Å². The van der Waals surface area contributed by atoms with Crippen LogP contribution in [0.25, 0.3) is 0 Å². The Bertz CT molecular complexity index is 1760. The summed E-state index contributed by atoms with van der Waals surface area (Å²) in [5.74, 6) is 0.816. The maximum Gasteiger partial charge on any atom is 0.472 e. The van der Waals surface area contributed by atoms with Gasteiger partial charge in [0.15, 0.2) is 12.2 Å². The topological polar surface area (TPSA) is 237 Å². The number of aliphatic hydroxyl groups is 1. The Hall–Kier alpha value is -1.94. The highest BCUT2D eigenvalue weighted by molar-refractivity contribution is 7.47. The van der Waals surface area contributed by atoms with Gasteiger partial charge < -0.3 is 33.8 Å². The zero-order chi connectivity index (χ0) is 66.1. The number of rotatable bonds is 67. The largest absolute Gasteiger partial charge is 0.472 e. The third-order valence-corrected chi connectivity index (χ3v) is 18.0. The Morgan fingerprint density at radius 2 is 0.472 bits per heavy atom. The van der Waals surface area contributed by atoms with Crippen LogP contribution in [0.15, 0.2) is 0 Å². The number of hydrogen-bond donors (Lipinski definition) is 3. The average molecular weight is 1310 g/mol. The molecule has 17 nitrogen and oxygen atoms in total. The smallest absolute Gasteiger partial charge is 0.462 e. The van der Waals surface area contributed by atoms with Crippen molar-refractivity contribution in [2.24, 2.45) is 23.7 Å². The minimum atomic E-state index is -4.95. The van der Waals surface area contributed by atoms with Crippen molar-refractivity contribution < 1.29 is 80.2 Å². The number of esters is 4. The maximum atomic E-state index is 13.0. The summed E-state index contributed by atoms with van der Waals surface area (Å²) >= 11 is 0. The number of phosphoric acid groups is 2. The van der Waals surface area contributed by atoms with Crippen molar-refractivity contribution in [2.45, 2.75) is 363 Å². The van der Waals surface area contributed by atoms with Crippen molar-refractivity contribution in [3.8, 4) is 0 Å². The Morgan fingerprint density at radius 1 is 0.281 bits per heavy atom. The minimum absolute atomic E-state index is 0.103. The van der Waals surface area contributed by atoms with Gasteiger partial charge in [-0.1, -0.05) is 293 Å². The van der Waals surface area contributed by atoms with Gasteiger partial charge in [-0.25, -0.2) is 9.13 Å². The number of phosphoric ester groups is 2. The van der Waals surface area contributed by atoms with Gasteiger partial charge in [0.1, 0.15) is 19.3 Å².